The molecule has 2 aromatic heterocycles. The molecule has 86 valence electrons. The van der Waals surface area contributed by atoms with Crippen molar-refractivity contribution in [3.63, 3.8) is 0 Å². The predicted molar refractivity (Wildman–Crippen MR) is 63.8 cm³/mol. The third-order valence-electron chi connectivity index (χ3n) is 2.12. The first-order valence-electron chi connectivity index (χ1n) is 4.72. The zero-order valence-electron chi connectivity index (χ0n) is 8.75. The fraction of sp³-hybridized carbons (Fsp3) is 0.200. The third-order valence-corrected chi connectivity index (χ3v) is 4.92. The Bertz CT molecular complexity index is 555. The third kappa shape index (κ3) is 2.52. The number of aromatic nitrogens is 1. The number of nitrogens with one attached hydrogen (secondary N) is 1. The van der Waals surface area contributed by atoms with Crippen molar-refractivity contribution in [2.45, 2.75) is 10.8 Å². The van der Waals surface area contributed by atoms with E-state index in [-0.39, 0.29) is 0 Å². The van der Waals surface area contributed by atoms with E-state index in [1.807, 2.05) is 30.1 Å². The van der Waals surface area contributed by atoms with E-state index in [0.717, 1.165) is 5.56 Å². The fourth-order valence-corrected chi connectivity index (χ4v) is 3.39. The molecule has 0 atom stereocenters. The van der Waals surface area contributed by atoms with Crippen LogP contribution in [0.3, 0.4) is 0 Å². The van der Waals surface area contributed by atoms with Crippen molar-refractivity contribution >= 4 is 21.4 Å². The molecule has 0 aromatic carbocycles. The number of nitrogens with zero attached hydrogens (tertiary/aromatic N) is 1. The number of aryl methyl sites for hydroxylation is 1. The molecule has 0 saturated carbocycles. The highest BCUT2D eigenvalue weighted by Crippen LogP contribution is 2.15. The minimum absolute atomic E-state index is 0.321. The first-order chi connectivity index (χ1) is 7.58. The van der Waals surface area contributed by atoms with Gasteiger partial charge in [0.25, 0.3) is 0 Å². The summed E-state index contributed by atoms with van der Waals surface area (Å²) >= 11 is 1.21. The molecule has 0 aliphatic heterocycles. The molecule has 0 amide bonds. The number of thiophene rings is 1. The topological polar surface area (TPSA) is 51.1 Å². The molecule has 1 N–H and O–H groups in total. The lowest BCUT2D eigenvalue weighted by Gasteiger charge is -2.02. The summed E-state index contributed by atoms with van der Waals surface area (Å²) in [5, 5.41) is 1.75. The van der Waals surface area contributed by atoms with Crippen LogP contribution in [-0.4, -0.2) is 13.0 Å². The molecule has 0 fully saturated rings. The van der Waals surface area contributed by atoms with Crippen LogP contribution in [0.2, 0.25) is 0 Å². The van der Waals surface area contributed by atoms with Gasteiger partial charge in [0, 0.05) is 26.0 Å². The second-order valence-electron chi connectivity index (χ2n) is 3.44. The van der Waals surface area contributed by atoms with Crippen molar-refractivity contribution in [1.82, 2.24) is 9.29 Å². The molecule has 0 bridgehead atoms. The highest BCUT2D eigenvalue weighted by Gasteiger charge is 2.14. The summed E-state index contributed by atoms with van der Waals surface area (Å²) in [6.45, 7) is 0.321. The van der Waals surface area contributed by atoms with Gasteiger partial charge in [-0.2, -0.15) is 0 Å². The molecule has 0 aliphatic carbocycles. The van der Waals surface area contributed by atoms with E-state index < -0.39 is 10.0 Å². The Balaban J connectivity index is 2.06. The smallest absolute Gasteiger partial charge is 0.250 e. The summed E-state index contributed by atoms with van der Waals surface area (Å²) in [6, 6.07) is 5.21. The van der Waals surface area contributed by atoms with Gasteiger partial charge in [-0.1, -0.05) is 6.07 Å². The number of rotatable bonds is 4. The lowest BCUT2D eigenvalue weighted by atomic mass is 10.4. The molecule has 4 nitrogen and oxygen atoms in total. The Morgan fingerprint density at radius 3 is 2.81 bits per heavy atom. The average molecular weight is 256 g/mol. The quantitative estimate of drug-likeness (QED) is 0.902. The molecule has 0 spiro atoms. The van der Waals surface area contributed by atoms with Crippen LogP contribution in [0.15, 0.2) is 40.2 Å². The van der Waals surface area contributed by atoms with Gasteiger partial charge in [0.2, 0.25) is 10.0 Å². The molecule has 0 unspecified atom stereocenters. The van der Waals surface area contributed by atoms with Crippen molar-refractivity contribution in [2.24, 2.45) is 7.05 Å². The van der Waals surface area contributed by atoms with Crippen LogP contribution in [0.25, 0.3) is 0 Å². The van der Waals surface area contributed by atoms with Crippen LogP contribution in [0.5, 0.6) is 0 Å². The first kappa shape index (κ1) is 11.4. The standard InChI is InChI=1S/C10H12N2O2S2/c1-12-5-4-9(8-12)7-11-16(13,14)10-3-2-6-15-10/h2-6,8,11H,7H2,1H3. The summed E-state index contributed by atoms with van der Waals surface area (Å²) in [6.07, 6.45) is 3.77. The molecular formula is C10H12N2O2S2. The summed E-state index contributed by atoms with van der Waals surface area (Å²) in [5.41, 5.74) is 0.947. The molecule has 2 rings (SSSR count). The Labute approximate surface area is 98.6 Å². The Morgan fingerprint density at radius 2 is 2.25 bits per heavy atom. The highest BCUT2D eigenvalue weighted by molar-refractivity contribution is 7.91. The van der Waals surface area contributed by atoms with Crippen molar-refractivity contribution < 1.29 is 8.42 Å². The number of sulfonamides is 1. The van der Waals surface area contributed by atoms with Gasteiger partial charge < -0.3 is 4.57 Å². The van der Waals surface area contributed by atoms with E-state index in [4.69, 9.17) is 0 Å². The molecular weight excluding hydrogens is 244 g/mol. The Hall–Kier alpha value is -1.11. The fourth-order valence-electron chi connectivity index (χ4n) is 1.33. The number of hydrogen-bond acceptors (Lipinski definition) is 3. The predicted octanol–water partition coefficient (Wildman–Crippen LogP) is 1.57. The lowest BCUT2D eigenvalue weighted by Crippen LogP contribution is -2.22. The Morgan fingerprint density at radius 1 is 1.44 bits per heavy atom. The highest BCUT2D eigenvalue weighted by atomic mass is 32.2. The first-order valence-corrected chi connectivity index (χ1v) is 7.08. The van der Waals surface area contributed by atoms with Gasteiger partial charge in [0.1, 0.15) is 4.21 Å². The van der Waals surface area contributed by atoms with E-state index in [1.54, 1.807) is 17.5 Å². The summed E-state index contributed by atoms with van der Waals surface area (Å²) in [5.74, 6) is 0. The Kier molecular flexibility index (Phi) is 3.13. The second-order valence-corrected chi connectivity index (χ2v) is 6.38. The zero-order chi connectivity index (χ0) is 11.6. The molecule has 6 heteroatoms. The lowest BCUT2D eigenvalue weighted by molar-refractivity contribution is 0.583. The minimum atomic E-state index is -3.35. The van der Waals surface area contributed by atoms with Gasteiger partial charge in [-0.25, -0.2) is 13.1 Å². The average Bonchev–Trinajstić information content (AvgIpc) is 2.85. The van der Waals surface area contributed by atoms with E-state index in [1.165, 1.54) is 11.3 Å². The van der Waals surface area contributed by atoms with Crippen molar-refractivity contribution in [3.05, 3.63) is 41.5 Å². The van der Waals surface area contributed by atoms with Gasteiger partial charge in [0.05, 0.1) is 0 Å². The minimum Gasteiger partial charge on any atom is -0.357 e. The van der Waals surface area contributed by atoms with Crippen molar-refractivity contribution in [3.8, 4) is 0 Å². The maximum Gasteiger partial charge on any atom is 0.250 e. The van der Waals surface area contributed by atoms with Crippen molar-refractivity contribution in [2.75, 3.05) is 0 Å². The van der Waals surface area contributed by atoms with Crippen molar-refractivity contribution in [1.29, 1.82) is 0 Å². The van der Waals surface area contributed by atoms with Crippen LogP contribution < -0.4 is 4.72 Å². The van der Waals surface area contributed by atoms with E-state index >= 15 is 0 Å². The van der Waals surface area contributed by atoms with Gasteiger partial charge in [0.15, 0.2) is 0 Å². The van der Waals surface area contributed by atoms with Gasteiger partial charge >= 0.3 is 0 Å². The van der Waals surface area contributed by atoms with E-state index in [0.29, 0.717) is 10.8 Å². The molecule has 2 heterocycles. The van der Waals surface area contributed by atoms with E-state index in [2.05, 4.69) is 4.72 Å². The van der Waals surface area contributed by atoms with Gasteiger partial charge in [-0.15, -0.1) is 11.3 Å². The van der Waals surface area contributed by atoms with Crippen LogP contribution in [-0.2, 0) is 23.6 Å². The monoisotopic (exact) mass is 256 g/mol. The van der Waals surface area contributed by atoms with Crippen LogP contribution in [0.4, 0.5) is 0 Å². The normalized spacial score (nSPS) is 11.8. The summed E-state index contributed by atoms with van der Waals surface area (Å²) in [7, 11) is -1.45. The van der Waals surface area contributed by atoms with E-state index in [9.17, 15) is 8.42 Å². The second kappa shape index (κ2) is 4.40. The SMILES string of the molecule is Cn1ccc(CNS(=O)(=O)c2cccs2)c1. The molecule has 0 radical (unpaired) electrons. The van der Waals surface area contributed by atoms with Gasteiger partial charge in [-0.05, 0) is 23.1 Å². The molecule has 2 aromatic rings. The van der Waals surface area contributed by atoms with Crippen LogP contribution >= 0.6 is 11.3 Å². The molecule has 0 saturated heterocycles. The van der Waals surface area contributed by atoms with Crippen LogP contribution in [0, 0.1) is 0 Å². The largest absolute Gasteiger partial charge is 0.357 e. The molecule has 0 aliphatic rings. The van der Waals surface area contributed by atoms with Crippen LogP contribution in [0.1, 0.15) is 5.56 Å². The number of hydrogen-bond donors (Lipinski definition) is 1. The maximum atomic E-state index is 11.8. The summed E-state index contributed by atoms with van der Waals surface area (Å²) < 4.78 is 28.3. The zero-order valence-corrected chi connectivity index (χ0v) is 10.4. The molecule has 16 heavy (non-hydrogen) atoms. The maximum absolute atomic E-state index is 11.8. The summed E-state index contributed by atoms with van der Waals surface area (Å²) in [4.78, 5) is 0. The van der Waals surface area contributed by atoms with Gasteiger partial charge in [-0.3, -0.25) is 0 Å².